The van der Waals surface area contributed by atoms with Gasteiger partial charge in [-0.25, -0.2) is 0 Å². The lowest BCUT2D eigenvalue weighted by atomic mass is 9.97. The molecule has 1 heterocycles. The molecule has 0 aromatic heterocycles. The van der Waals surface area contributed by atoms with E-state index < -0.39 is 5.91 Å². The molecular formula is C24H19N3O4. The number of phenolic OH excluding ortho intramolecular Hbond substituents is 1. The second kappa shape index (κ2) is 7.79. The average molecular weight is 413 g/mol. The molecule has 5 N–H and O–H groups in total. The predicted octanol–water partition coefficient (Wildman–Crippen LogP) is 3.44. The van der Waals surface area contributed by atoms with Gasteiger partial charge >= 0.3 is 0 Å². The van der Waals surface area contributed by atoms with Crippen molar-refractivity contribution in [3.8, 4) is 5.75 Å². The van der Waals surface area contributed by atoms with E-state index in [1.165, 1.54) is 12.3 Å². The van der Waals surface area contributed by atoms with Gasteiger partial charge in [-0.3, -0.25) is 14.4 Å². The van der Waals surface area contributed by atoms with Gasteiger partial charge in [0.1, 0.15) is 5.75 Å². The van der Waals surface area contributed by atoms with Gasteiger partial charge in [-0.2, -0.15) is 0 Å². The van der Waals surface area contributed by atoms with Crippen molar-refractivity contribution >= 4 is 34.5 Å². The number of rotatable bonds is 5. The van der Waals surface area contributed by atoms with E-state index in [1.54, 1.807) is 61.5 Å². The van der Waals surface area contributed by atoms with E-state index in [2.05, 4.69) is 10.6 Å². The van der Waals surface area contributed by atoms with Crippen molar-refractivity contribution in [1.82, 2.24) is 0 Å². The standard InChI is InChI=1S/C24H19N3O4/c1-13-5-7-17(11-21(13)28)26-12-19-18-10-15(6-8-20(18)27-24(19)31)22(29)14-3-2-4-16(9-14)23(25)30/h2-12,26,28H,1H3,(H2,25,30)(H,27,31). The molecule has 0 radical (unpaired) electrons. The lowest BCUT2D eigenvalue weighted by Gasteiger charge is -2.07. The van der Waals surface area contributed by atoms with Crippen LogP contribution in [0.4, 0.5) is 11.4 Å². The minimum atomic E-state index is -0.614. The number of phenols is 1. The Kier molecular flexibility index (Phi) is 5.00. The van der Waals surface area contributed by atoms with Crippen LogP contribution < -0.4 is 16.4 Å². The van der Waals surface area contributed by atoms with E-state index in [4.69, 9.17) is 5.73 Å². The molecule has 2 amide bonds. The number of aryl methyl sites for hydroxylation is 1. The fraction of sp³-hybridized carbons (Fsp3) is 0.0417. The number of fused-ring (bicyclic) bond motifs is 1. The van der Waals surface area contributed by atoms with Crippen LogP contribution >= 0.6 is 0 Å². The van der Waals surface area contributed by atoms with Crippen LogP contribution in [0.25, 0.3) is 5.57 Å². The highest BCUT2D eigenvalue weighted by molar-refractivity contribution is 6.32. The summed E-state index contributed by atoms with van der Waals surface area (Å²) in [6.07, 6.45) is 1.53. The van der Waals surface area contributed by atoms with Crippen LogP contribution in [0, 0.1) is 6.92 Å². The van der Waals surface area contributed by atoms with Crippen LogP contribution in [0.1, 0.15) is 37.4 Å². The molecule has 0 fully saturated rings. The zero-order valence-electron chi connectivity index (χ0n) is 16.6. The van der Waals surface area contributed by atoms with E-state index in [0.29, 0.717) is 33.6 Å². The van der Waals surface area contributed by atoms with Crippen LogP contribution in [0.3, 0.4) is 0 Å². The number of amides is 2. The Labute approximate surface area is 178 Å². The van der Waals surface area contributed by atoms with E-state index in [1.807, 2.05) is 0 Å². The summed E-state index contributed by atoms with van der Waals surface area (Å²) < 4.78 is 0. The Morgan fingerprint density at radius 3 is 2.48 bits per heavy atom. The van der Waals surface area contributed by atoms with Gasteiger partial charge in [-0.1, -0.05) is 18.2 Å². The SMILES string of the molecule is Cc1ccc(NC=C2C(=O)Nc3ccc(C(=O)c4cccc(C(N)=O)c4)cc32)cc1O. The number of benzene rings is 3. The Balaban J connectivity index is 1.66. The third-order valence-corrected chi connectivity index (χ3v) is 5.07. The smallest absolute Gasteiger partial charge is 0.257 e. The molecule has 3 aromatic carbocycles. The number of anilines is 2. The molecule has 31 heavy (non-hydrogen) atoms. The van der Waals surface area contributed by atoms with Crippen molar-refractivity contribution in [3.63, 3.8) is 0 Å². The summed E-state index contributed by atoms with van der Waals surface area (Å²) in [4.78, 5) is 36.8. The highest BCUT2D eigenvalue weighted by Crippen LogP contribution is 2.33. The fourth-order valence-corrected chi connectivity index (χ4v) is 3.31. The fourth-order valence-electron chi connectivity index (χ4n) is 3.31. The summed E-state index contributed by atoms with van der Waals surface area (Å²) >= 11 is 0. The van der Waals surface area contributed by atoms with Crippen LogP contribution in [0.5, 0.6) is 5.75 Å². The third-order valence-electron chi connectivity index (χ3n) is 5.07. The maximum Gasteiger partial charge on any atom is 0.257 e. The van der Waals surface area contributed by atoms with Crippen LogP contribution in [-0.2, 0) is 4.79 Å². The first-order chi connectivity index (χ1) is 14.8. The molecule has 1 aliphatic heterocycles. The molecule has 154 valence electrons. The van der Waals surface area contributed by atoms with Gasteiger partial charge in [0.25, 0.3) is 5.91 Å². The summed E-state index contributed by atoms with van der Waals surface area (Å²) in [6.45, 7) is 1.79. The van der Waals surface area contributed by atoms with Gasteiger partial charge < -0.3 is 21.5 Å². The number of carbonyl (C=O) groups excluding carboxylic acids is 3. The molecule has 0 saturated carbocycles. The van der Waals surface area contributed by atoms with Gasteiger partial charge in [0.15, 0.2) is 5.78 Å². The number of aromatic hydroxyl groups is 1. The van der Waals surface area contributed by atoms with Gasteiger partial charge in [0, 0.05) is 45.9 Å². The largest absolute Gasteiger partial charge is 0.508 e. The van der Waals surface area contributed by atoms with Crippen LogP contribution in [0.2, 0.25) is 0 Å². The normalized spacial score (nSPS) is 13.6. The monoisotopic (exact) mass is 413 g/mol. The molecule has 0 saturated heterocycles. The summed E-state index contributed by atoms with van der Waals surface area (Å²) in [7, 11) is 0. The summed E-state index contributed by atoms with van der Waals surface area (Å²) in [5, 5.41) is 15.6. The van der Waals surface area contributed by atoms with Gasteiger partial charge in [0.05, 0.1) is 5.57 Å². The molecule has 1 aliphatic rings. The highest BCUT2D eigenvalue weighted by atomic mass is 16.3. The second-order valence-corrected chi connectivity index (χ2v) is 7.19. The Bertz CT molecular complexity index is 1280. The van der Waals surface area contributed by atoms with Crippen molar-refractivity contribution in [2.75, 3.05) is 10.6 Å². The quantitative estimate of drug-likeness (QED) is 0.377. The van der Waals surface area contributed by atoms with E-state index in [9.17, 15) is 19.5 Å². The number of nitrogens with two attached hydrogens (primary N) is 1. The van der Waals surface area contributed by atoms with E-state index in [-0.39, 0.29) is 23.0 Å². The summed E-state index contributed by atoms with van der Waals surface area (Å²) in [5.41, 5.74) is 9.13. The van der Waals surface area contributed by atoms with Gasteiger partial charge in [-0.15, -0.1) is 0 Å². The van der Waals surface area contributed by atoms with Gasteiger partial charge in [0.2, 0.25) is 5.91 Å². The molecule has 0 bridgehead atoms. The Morgan fingerprint density at radius 1 is 1.00 bits per heavy atom. The topological polar surface area (TPSA) is 122 Å². The average Bonchev–Trinajstić information content (AvgIpc) is 3.08. The van der Waals surface area contributed by atoms with Crippen molar-refractivity contribution in [2.45, 2.75) is 6.92 Å². The van der Waals surface area contributed by atoms with E-state index in [0.717, 1.165) is 5.56 Å². The minimum absolute atomic E-state index is 0.144. The van der Waals surface area contributed by atoms with Crippen molar-refractivity contribution in [1.29, 1.82) is 0 Å². The number of carbonyl (C=O) groups is 3. The number of primary amides is 1. The number of ketones is 1. The number of hydrogen-bond acceptors (Lipinski definition) is 5. The molecule has 0 unspecified atom stereocenters. The molecule has 0 spiro atoms. The first-order valence-corrected chi connectivity index (χ1v) is 9.50. The zero-order valence-corrected chi connectivity index (χ0v) is 16.6. The van der Waals surface area contributed by atoms with E-state index >= 15 is 0 Å². The lowest BCUT2D eigenvalue weighted by Crippen LogP contribution is -2.12. The van der Waals surface area contributed by atoms with Crippen molar-refractivity contribution in [2.24, 2.45) is 5.73 Å². The Morgan fingerprint density at radius 2 is 1.74 bits per heavy atom. The third kappa shape index (κ3) is 3.89. The maximum absolute atomic E-state index is 12.9. The summed E-state index contributed by atoms with van der Waals surface area (Å²) in [6, 6.07) is 16.2. The first-order valence-electron chi connectivity index (χ1n) is 9.50. The zero-order chi connectivity index (χ0) is 22.1. The van der Waals surface area contributed by atoms with Crippen LogP contribution in [-0.4, -0.2) is 22.7 Å². The van der Waals surface area contributed by atoms with Crippen molar-refractivity contribution in [3.05, 3.63) is 94.7 Å². The molecule has 0 atom stereocenters. The summed E-state index contributed by atoms with van der Waals surface area (Å²) in [5.74, 6) is -1.07. The Hall–Kier alpha value is -4.39. The predicted molar refractivity (Wildman–Crippen MR) is 118 cm³/mol. The molecule has 4 rings (SSSR count). The number of nitrogens with one attached hydrogen (secondary N) is 2. The maximum atomic E-state index is 12.9. The number of hydrogen-bond donors (Lipinski definition) is 4. The second-order valence-electron chi connectivity index (χ2n) is 7.19. The molecule has 3 aromatic rings. The van der Waals surface area contributed by atoms with Crippen LogP contribution in [0.15, 0.2) is 66.9 Å². The lowest BCUT2D eigenvalue weighted by molar-refractivity contribution is -0.110. The van der Waals surface area contributed by atoms with Crippen molar-refractivity contribution < 1.29 is 19.5 Å². The molecule has 7 heteroatoms. The molecule has 0 aliphatic carbocycles. The molecular weight excluding hydrogens is 394 g/mol. The van der Waals surface area contributed by atoms with Gasteiger partial charge in [-0.05, 0) is 48.9 Å². The highest BCUT2D eigenvalue weighted by Gasteiger charge is 2.25. The minimum Gasteiger partial charge on any atom is -0.508 e. The first kappa shape index (κ1) is 19.9. The molecule has 7 nitrogen and oxygen atoms in total.